The lowest BCUT2D eigenvalue weighted by molar-refractivity contribution is -0.0498. The zero-order valence-electron chi connectivity index (χ0n) is 11.5. The summed E-state index contributed by atoms with van der Waals surface area (Å²) in [6.07, 6.45) is 3.49. The normalized spacial score (nSPS) is 21.5. The Kier molecular flexibility index (Phi) is 5.96. The third kappa shape index (κ3) is 4.66. The highest BCUT2D eigenvalue weighted by atomic mass is 79.9. The highest BCUT2D eigenvalue weighted by molar-refractivity contribution is 9.09. The second-order valence-electron chi connectivity index (χ2n) is 5.22. The molecule has 2 rings (SSSR count). The molecule has 116 valence electrons. The van der Waals surface area contributed by atoms with Gasteiger partial charge in [0.25, 0.3) is 5.91 Å². The van der Waals surface area contributed by atoms with Gasteiger partial charge >= 0.3 is 6.61 Å². The molecular weight excluding hydrogens is 344 g/mol. The predicted octanol–water partition coefficient (Wildman–Crippen LogP) is 3.83. The van der Waals surface area contributed by atoms with Crippen molar-refractivity contribution < 1.29 is 18.3 Å². The van der Waals surface area contributed by atoms with Gasteiger partial charge in [0.15, 0.2) is 0 Å². The lowest BCUT2D eigenvalue weighted by Gasteiger charge is -2.17. The van der Waals surface area contributed by atoms with Crippen LogP contribution < -0.4 is 10.1 Å². The van der Waals surface area contributed by atoms with E-state index in [1.165, 1.54) is 31.0 Å². The van der Waals surface area contributed by atoms with Crippen molar-refractivity contribution in [2.24, 2.45) is 11.8 Å². The minimum absolute atomic E-state index is 0.00292. The van der Waals surface area contributed by atoms with E-state index in [-0.39, 0.29) is 11.7 Å². The largest absolute Gasteiger partial charge is 0.435 e. The van der Waals surface area contributed by atoms with Crippen LogP contribution in [0, 0.1) is 11.8 Å². The van der Waals surface area contributed by atoms with Gasteiger partial charge in [-0.3, -0.25) is 4.79 Å². The molecule has 21 heavy (non-hydrogen) atoms. The standard InChI is InChI=1S/C15H18BrF2NO2/c16-8-11-4-1-5-12(11)9-19-14(20)10-3-2-6-13(7-10)21-15(17)18/h2-3,6-7,11-12,15H,1,4-5,8-9H2,(H,19,20). The van der Waals surface area contributed by atoms with Crippen molar-refractivity contribution in [1.82, 2.24) is 5.32 Å². The summed E-state index contributed by atoms with van der Waals surface area (Å²) in [5, 5.41) is 3.83. The van der Waals surface area contributed by atoms with E-state index in [1.807, 2.05) is 0 Å². The van der Waals surface area contributed by atoms with Crippen molar-refractivity contribution in [1.29, 1.82) is 0 Å². The molecule has 0 radical (unpaired) electrons. The van der Waals surface area contributed by atoms with Crippen LogP contribution in [-0.4, -0.2) is 24.4 Å². The number of hydrogen-bond donors (Lipinski definition) is 1. The summed E-state index contributed by atoms with van der Waals surface area (Å²) >= 11 is 3.50. The number of hydrogen-bond acceptors (Lipinski definition) is 2. The fourth-order valence-electron chi connectivity index (χ4n) is 2.72. The van der Waals surface area contributed by atoms with E-state index in [1.54, 1.807) is 6.07 Å². The number of alkyl halides is 3. The van der Waals surface area contributed by atoms with E-state index in [9.17, 15) is 13.6 Å². The van der Waals surface area contributed by atoms with Gasteiger partial charge in [0.1, 0.15) is 5.75 Å². The molecule has 0 heterocycles. The Bertz CT molecular complexity index is 484. The zero-order chi connectivity index (χ0) is 15.2. The van der Waals surface area contributed by atoms with E-state index in [0.717, 1.165) is 11.8 Å². The molecule has 0 aromatic heterocycles. The van der Waals surface area contributed by atoms with Gasteiger partial charge in [0.05, 0.1) is 0 Å². The van der Waals surface area contributed by atoms with Crippen LogP contribution in [0.4, 0.5) is 8.78 Å². The Morgan fingerprint density at radius 1 is 1.38 bits per heavy atom. The van der Waals surface area contributed by atoms with Crippen LogP contribution >= 0.6 is 15.9 Å². The molecule has 1 aromatic rings. The van der Waals surface area contributed by atoms with Crippen LogP contribution in [0.2, 0.25) is 0 Å². The summed E-state index contributed by atoms with van der Waals surface area (Å²) < 4.78 is 28.6. The highest BCUT2D eigenvalue weighted by Gasteiger charge is 2.26. The molecule has 1 N–H and O–H groups in total. The SMILES string of the molecule is O=C(NCC1CCCC1CBr)c1cccc(OC(F)F)c1. The number of benzene rings is 1. The van der Waals surface area contributed by atoms with Crippen molar-refractivity contribution in [2.75, 3.05) is 11.9 Å². The number of amides is 1. The van der Waals surface area contributed by atoms with Gasteiger partial charge in [0, 0.05) is 17.4 Å². The third-order valence-corrected chi connectivity index (χ3v) is 4.69. The summed E-state index contributed by atoms with van der Waals surface area (Å²) in [5.41, 5.74) is 0.335. The van der Waals surface area contributed by atoms with Gasteiger partial charge in [-0.05, 0) is 42.9 Å². The average Bonchev–Trinajstić information content (AvgIpc) is 2.91. The molecule has 0 saturated heterocycles. The topological polar surface area (TPSA) is 38.3 Å². The van der Waals surface area contributed by atoms with Crippen LogP contribution in [0.15, 0.2) is 24.3 Å². The maximum absolute atomic E-state index is 12.2. The summed E-state index contributed by atoms with van der Waals surface area (Å²) in [6.45, 7) is -2.27. The molecule has 6 heteroatoms. The van der Waals surface area contributed by atoms with Crippen molar-refractivity contribution >= 4 is 21.8 Å². The second kappa shape index (κ2) is 7.73. The van der Waals surface area contributed by atoms with Gasteiger partial charge in [-0.1, -0.05) is 28.4 Å². The second-order valence-corrected chi connectivity index (χ2v) is 5.87. The summed E-state index contributed by atoms with van der Waals surface area (Å²) in [7, 11) is 0. The number of nitrogens with one attached hydrogen (secondary N) is 1. The zero-order valence-corrected chi connectivity index (χ0v) is 13.1. The molecule has 2 unspecified atom stereocenters. The van der Waals surface area contributed by atoms with E-state index in [2.05, 4.69) is 26.0 Å². The quantitative estimate of drug-likeness (QED) is 0.782. The van der Waals surface area contributed by atoms with Crippen LogP contribution in [0.5, 0.6) is 5.75 Å². The Balaban J connectivity index is 1.91. The lowest BCUT2D eigenvalue weighted by Crippen LogP contribution is -2.31. The molecule has 1 fully saturated rings. The van der Waals surface area contributed by atoms with E-state index >= 15 is 0 Å². The fourth-order valence-corrected chi connectivity index (χ4v) is 3.58. The molecule has 2 atom stereocenters. The monoisotopic (exact) mass is 361 g/mol. The fraction of sp³-hybridized carbons (Fsp3) is 0.533. The molecule has 0 aliphatic heterocycles. The van der Waals surface area contributed by atoms with Gasteiger partial charge in [-0.15, -0.1) is 0 Å². The van der Waals surface area contributed by atoms with Gasteiger partial charge in [0.2, 0.25) is 0 Å². The average molecular weight is 362 g/mol. The van der Waals surface area contributed by atoms with Crippen LogP contribution in [-0.2, 0) is 0 Å². The Morgan fingerprint density at radius 2 is 2.14 bits per heavy atom. The molecule has 1 aromatic carbocycles. The first-order valence-corrected chi connectivity index (χ1v) is 8.11. The highest BCUT2D eigenvalue weighted by Crippen LogP contribution is 2.32. The van der Waals surface area contributed by atoms with Crippen molar-refractivity contribution in [2.45, 2.75) is 25.9 Å². The van der Waals surface area contributed by atoms with Crippen LogP contribution in [0.1, 0.15) is 29.6 Å². The third-order valence-electron chi connectivity index (χ3n) is 3.86. The molecule has 1 aliphatic carbocycles. The van der Waals surface area contributed by atoms with Crippen molar-refractivity contribution in [3.63, 3.8) is 0 Å². The first-order valence-electron chi connectivity index (χ1n) is 6.99. The summed E-state index contributed by atoms with van der Waals surface area (Å²) in [6, 6.07) is 5.85. The Hall–Kier alpha value is -1.17. The van der Waals surface area contributed by atoms with Crippen molar-refractivity contribution in [3.8, 4) is 5.75 Å². The van der Waals surface area contributed by atoms with Crippen LogP contribution in [0.3, 0.4) is 0 Å². The Morgan fingerprint density at radius 3 is 2.86 bits per heavy atom. The molecule has 3 nitrogen and oxygen atoms in total. The Labute approximate surface area is 131 Å². The molecule has 1 saturated carbocycles. The number of rotatable bonds is 6. The number of halogens is 3. The number of carbonyl (C=O) groups is 1. The maximum atomic E-state index is 12.2. The minimum Gasteiger partial charge on any atom is -0.435 e. The van der Waals surface area contributed by atoms with Gasteiger partial charge < -0.3 is 10.1 Å². The lowest BCUT2D eigenvalue weighted by atomic mass is 9.98. The van der Waals surface area contributed by atoms with E-state index in [4.69, 9.17) is 0 Å². The van der Waals surface area contributed by atoms with E-state index in [0.29, 0.717) is 23.9 Å². The molecular formula is C15H18BrF2NO2. The molecule has 1 amide bonds. The minimum atomic E-state index is -2.89. The number of ether oxygens (including phenoxy) is 1. The first kappa shape index (κ1) is 16.2. The molecule has 0 spiro atoms. The number of carbonyl (C=O) groups excluding carboxylic acids is 1. The molecule has 1 aliphatic rings. The maximum Gasteiger partial charge on any atom is 0.387 e. The van der Waals surface area contributed by atoms with E-state index < -0.39 is 6.61 Å². The van der Waals surface area contributed by atoms with Gasteiger partial charge in [-0.25, -0.2) is 0 Å². The molecule has 0 bridgehead atoms. The summed E-state index contributed by atoms with van der Waals surface area (Å²) in [4.78, 5) is 12.1. The van der Waals surface area contributed by atoms with Crippen LogP contribution in [0.25, 0.3) is 0 Å². The summed E-state index contributed by atoms with van der Waals surface area (Å²) in [5.74, 6) is 0.819. The smallest absolute Gasteiger partial charge is 0.387 e. The van der Waals surface area contributed by atoms with Crippen molar-refractivity contribution in [3.05, 3.63) is 29.8 Å². The first-order chi connectivity index (χ1) is 10.1. The predicted molar refractivity (Wildman–Crippen MR) is 80.0 cm³/mol. The van der Waals surface area contributed by atoms with Gasteiger partial charge in [-0.2, -0.15) is 8.78 Å².